The second kappa shape index (κ2) is 9.42. The zero-order valence-electron chi connectivity index (χ0n) is 23.0. The quantitative estimate of drug-likeness (QED) is 0.175. The molecule has 1 aliphatic rings. The number of H-pyrrole nitrogens is 3. The molecule has 0 radical (unpaired) electrons. The van der Waals surface area contributed by atoms with Gasteiger partial charge in [-0.15, -0.1) is 0 Å². The first-order valence-corrected chi connectivity index (χ1v) is 13.8. The van der Waals surface area contributed by atoms with E-state index in [1.165, 1.54) is 0 Å². The van der Waals surface area contributed by atoms with Gasteiger partial charge in [0, 0.05) is 37.9 Å². The average molecular weight is 547 g/mol. The van der Waals surface area contributed by atoms with Crippen LogP contribution in [0.5, 0.6) is 0 Å². The maximum absolute atomic E-state index is 5.13. The van der Waals surface area contributed by atoms with Crippen molar-refractivity contribution in [2.24, 2.45) is 20.0 Å². The summed E-state index contributed by atoms with van der Waals surface area (Å²) in [4.78, 5) is 30.6. The summed E-state index contributed by atoms with van der Waals surface area (Å²) >= 11 is 0. The minimum atomic E-state index is 0.674. The molecule has 202 valence electrons. The fraction of sp³-hybridized carbons (Fsp3) is 0.0588. The molecular formula is C34H26N8. The Morgan fingerprint density at radius 3 is 1.81 bits per heavy atom. The SMILES string of the molecule is Cc1ccc2c3[nH]c(c2c1)N=c1[nH]c(c2ccccc12)=Nc1[nH]c(c2ccccc12)N=CNC(c1ccccc1C)=N3. The zero-order valence-corrected chi connectivity index (χ0v) is 23.0. The number of aliphatic imine (C=N–C) groups is 2. The Balaban J connectivity index is 1.49. The molecule has 4 heterocycles. The minimum absolute atomic E-state index is 0.674. The number of benzene rings is 4. The number of nitrogens with one attached hydrogen (secondary N) is 4. The van der Waals surface area contributed by atoms with Gasteiger partial charge in [-0.1, -0.05) is 90.5 Å². The Hall–Kier alpha value is -5.76. The Kier molecular flexibility index (Phi) is 5.40. The van der Waals surface area contributed by atoms with Crippen LogP contribution in [0.25, 0.3) is 32.3 Å². The van der Waals surface area contributed by atoms with E-state index < -0.39 is 0 Å². The largest absolute Gasteiger partial charge is 0.330 e. The molecule has 0 saturated carbocycles. The molecule has 4 aromatic carbocycles. The van der Waals surface area contributed by atoms with E-state index >= 15 is 0 Å². The number of hydrogen-bond acceptors (Lipinski definition) is 5. The highest BCUT2D eigenvalue weighted by Crippen LogP contribution is 2.36. The molecule has 0 spiro atoms. The number of aryl methyl sites for hydroxylation is 2. The van der Waals surface area contributed by atoms with Gasteiger partial charge in [-0.25, -0.2) is 20.0 Å². The molecule has 0 unspecified atom stereocenters. The van der Waals surface area contributed by atoms with E-state index in [9.17, 15) is 0 Å². The molecule has 8 nitrogen and oxygen atoms in total. The van der Waals surface area contributed by atoms with Crippen LogP contribution in [0.4, 0.5) is 23.3 Å². The molecule has 8 rings (SSSR count). The number of amidine groups is 1. The summed E-state index contributed by atoms with van der Waals surface area (Å²) in [6.45, 7) is 4.16. The third-order valence-corrected chi connectivity index (χ3v) is 7.74. The van der Waals surface area contributed by atoms with E-state index in [0.717, 1.165) is 71.6 Å². The monoisotopic (exact) mass is 546 g/mol. The standard InChI is InChI=1S/C34H26N8/c1-19-15-16-26-27(17-19)34-41-32-25-14-8-7-13-24(25)31(40-32)39-30-23-12-6-5-11-22(23)29(38-30)36-18-35-28(37-33(26)42-34)21-10-4-3-9-20(21)2/h3-18,38,42H,1-2H3,(H,35,36,37)(H,39,40,41). The van der Waals surface area contributed by atoms with Gasteiger partial charge in [0.25, 0.3) is 0 Å². The first kappa shape index (κ1) is 24.1. The van der Waals surface area contributed by atoms with Gasteiger partial charge in [-0.3, -0.25) is 0 Å². The second-order valence-electron chi connectivity index (χ2n) is 10.5. The van der Waals surface area contributed by atoms with E-state index in [0.29, 0.717) is 17.5 Å². The second-order valence-corrected chi connectivity index (χ2v) is 10.5. The highest BCUT2D eigenvalue weighted by atomic mass is 15.1. The summed E-state index contributed by atoms with van der Waals surface area (Å²) in [6.07, 6.45) is 1.68. The highest BCUT2D eigenvalue weighted by molar-refractivity contribution is 6.10. The van der Waals surface area contributed by atoms with Crippen molar-refractivity contribution in [2.45, 2.75) is 13.8 Å². The predicted octanol–water partition coefficient (Wildman–Crippen LogP) is 6.99. The third-order valence-electron chi connectivity index (χ3n) is 7.74. The van der Waals surface area contributed by atoms with Crippen molar-refractivity contribution < 1.29 is 0 Å². The number of aromatic nitrogens is 3. The van der Waals surface area contributed by atoms with E-state index in [-0.39, 0.29) is 0 Å². The summed E-state index contributed by atoms with van der Waals surface area (Å²) < 4.78 is 0. The van der Waals surface area contributed by atoms with E-state index in [4.69, 9.17) is 20.0 Å². The lowest BCUT2D eigenvalue weighted by atomic mass is 10.1. The molecule has 0 fully saturated rings. The molecule has 0 atom stereocenters. The van der Waals surface area contributed by atoms with Crippen molar-refractivity contribution in [3.8, 4) is 0 Å². The number of fused-ring (bicyclic) bond motifs is 15. The van der Waals surface area contributed by atoms with Gasteiger partial charge in [0.2, 0.25) is 0 Å². The lowest BCUT2D eigenvalue weighted by molar-refractivity contribution is 1.11. The summed E-state index contributed by atoms with van der Waals surface area (Å²) in [5, 5.41) is 9.27. The molecular weight excluding hydrogens is 520 g/mol. The van der Waals surface area contributed by atoms with Crippen LogP contribution in [-0.2, 0) is 0 Å². The average Bonchev–Trinajstić information content (AvgIpc) is 3.65. The first-order valence-electron chi connectivity index (χ1n) is 13.8. The van der Waals surface area contributed by atoms with Crippen molar-refractivity contribution in [1.29, 1.82) is 0 Å². The smallest absolute Gasteiger partial charge is 0.142 e. The van der Waals surface area contributed by atoms with Crippen LogP contribution >= 0.6 is 0 Å². The maximum atomic E-state index is 5.13. The van der Waals surface area contributed by atoms with Gasteiger partial charge >= 0.3 is 0 Å². The molecule has 3 aromatic heterocycles. The summed E-state index contributed by atoms with van der Waals surface area (Å²) in [6, 6.07) is 30.8. The van der Waals surface area contributed by atoms with Crippen LogP contribution in [0.1, 0.15) is 16.7 Å². The van der Waals surface area contributed by atoms with Gasteiger partial charge in [-0.05, 0) is 25.5 Å². The van der Waals surface area contributed by atoms with Crippen molar-refractivity contribution in [2.75, 3.05) is 0 Å². The van der Waals surface area contributed by atoms with Crippen LogP contribution in [-0.4, -0.2) is 27.1 Å². The third kappa shape index (κ3) is 3.92. The van der Waals surface area contributed by atoms with Gasteiger partial charge < -0.3 is 20.3 Å². The Labute approximate surface area is 240 Å². The summed E-state index contributed by atoms with van der Waals surface area (Å²) in [5.74, 6) is 3.54. The number of nitrogens with zero attached hydrogens (tertiary/aromatic N) is 4. The van der Waals surface area contributed by atoms with E-state index in [2.05, 4.69) is 82.6 Å². The van der Waals surface area contributed by atoms with E-state index in [1.54, 1.807) is 6.34 Å². The molecule has 0 saturated heterocycles. The fourth-order valence-electron chi connectivity index (χ4n) is 5.64. The zero-order chi connectivity index (χ0) is 28.2. The van der Waals surface area contributed by atoms with Crippen molar-refractivity contribution in [3.63, 3.8) is 0 Å². The minimum Gasteiger partial charge on any atom is -0.330 e. The number of rotatable bonds is 1. The predicted molar refractivity (Wildman–Crippen MR) is 170 cm³/mol. The normalized spacial score (nSPS) is 13.1. The van der Waals surface area contributed by atoms with Gasteiger partial charge in [0.05, 0.1) is 6.34 Å². The highest BCUT2D eigenvalue weighted by Gasteiger charge is 2.15. The van der Waals surface area contributed by atoms with Gasteiger partial charge in [0.1, 0.15) is 40.1 Å². The molecule has 7 aromatic rings. The van der Waals surface area contributed by atoms with Crippen LogP contribution < -0.4 is 16.3 Å². The summed E-state index contributed by atoms with van der Waals surface area (Å²) in [5.41, 5.74) is 4.67. The van der Waals surface area contributed by atoms with Crippen LogP contribution in [0.3, 0.4) is 0 Å². The molecule has 1 aliphatic heterocycles. The van der Waals surface area contributed by atoms with Gasteiger partial charge in [-0.2, -0.15) is 0 Å². The molecule has 8 heteroatoms. The molecule has 4 N–H and O–H groups in total. The van der Waals surface area contributed by atoms with Crippen LogP contribution in [0, 0.1) is 13.8 Å². The lowest BCUT2D eigenvalue weighted by Crippen LogP contribution is -2.23. The number of hydrogen-bond donors (Lipinski definition) is 4. The lowest BCUT2D eigenvalue weighted by Gasteiger charge is -2.09. The number of aromatic amines is 3. The Bertz CT molecular complexity index is 2360. The first-order chi connectivity index (χ1) is 20.6. The van der Waals surface area contributed by atoms with Crippen molar-refractivity contribution in [1.82, 2.24) is 20.3 Å². The Morgan fingerprint density at radius 2 is 1.07 bits per heavy atom. The molecule has 6 bridgehead atoms. The molecule has 0 aliphatic carbocycles. The molecule has 0 amide bonds. The maximum Gasteiger partial charge on any atom is 0.142 e. The summed E-state index contributed by atoms with van der Waals surface area (Å²) in [7, 11) is 0. The van der Waals surface area contributed by atoms with Crippen LogP contribution in [0.15, 0.2) is 111 Å². The van der Waals surface area contributed by atoms with Crippen LogP contribution in [0.2, 0.25) is 0 Å². The van der Waals surface area contributed by atoms with Crippen molar-refractivity contribution in [3.05, 3.63) is 119 Å². The van der Waals surface area contributed by atoms with Crippen molar-refractivity contribution >= 4 is 67.8 Å². The topological polar surface area (TPSA) is 109 Å². The Morgan fingerprint density at radius 1 is 0.500 bits per heavy atom. The molecule has 42 heavy (non-hydrogen) atoms. The van der Waals surface area contributed by atoms with E-state index in [1.807, 2.05) is 42.5 Å². The van der Waals surface area contributed by atoms with Gasteiger partial charge in [0.15, 0.2) is 0 Å². The fourth-order valence-corrected chi connectivity index (χ4v) is 5.64.